The van der Waals surface area contributed by atoms with Crippen LogP contribution in [0.15, 0.2) is 22.8 Å². The van der Waals surface area contributed by atoms with Crippen molar-refractivity contribution < 1.29 is 19.1 Å². The SMILES string of the molecule is CO[C@@]1(N)C(=O)N2C(C(=O)OC(C)(C)C)=C(CSc3nncn3C)CS[C@H]21. The molecule has 1 aromatic rings. The second-order valence-corrected chi connectivity index (χ2v) is 9.31. The number of esters is 1. The molecule has 1 saturated heterocycles. The Labute approximate surface area is 166 Å². The van der Waals surface area contributed by atoms with Crippen molar-refractivity contribution >= 4 is 35.4 Å². The third-order valence-electron chi connectivity index (χ3n) is 4.12. The first-order valence-electron chi connectivity index (χ1n) is 8.30. The molecule has 0 saturated carbocycles. The average Bonchev–Trinajstić information content (AvgIpc) is 3.01. The van der Waals surface area contributed by atoms with E-state index in [-0.39, 0.29) is 5.70 Å². The van der Waals surface area contributed by atoms with Crippen molar-refractivity contribution in [2.24, 2.45) is 12.8 Å². The lowest BCUT2D eigenvalue weighted by molar-refractivity contribution is -0.184. The molecule has 27 heavy (non-hydrogen) atoms. The van der Waals surface area contributed by atoms with Crippen molar-refractivity contribution in [3.8, 4) is 0 Å². The van der Waals surface area contributed by atoms with Gasteiger partial charge in [-0.1, -0.05) is 11.8 Å². The van der Waals surface area contributed by atoms with Gasteiger partial charge in [-0.3, -0.25) is 15.4 Å². The number of fused-ring (bicyclic) bond motifs is 1. The zero-order valence-electron chi connectivity index (χ0n) is 15.9. The van der Waals surface area contributed by atoms with Crippen LogP contribution >= 0.6 is 23.5 Å². The van der Waals surface area contributed by atoms with Gasteiger partial charge in [0.15, 0.2) is 5.16 Å². The van der Waals surface area contributed by atoms with E-state index in [1.807, 2.05) is 7.05 Å². The molecule has 148 valence electrons. The molecule has 0 bridgehead atoms. The summed E-state index contributed by atoms with van der Waals surface area (Å²) in [6.45, 7) is 5.36. The van der Waals surface area contributed by atoms with E-state index in [1.165, 1.54) is 35.5 Å². The molecule has 2 N–H and O–H groups in total. The summed E-state index contributed by atoms with van der Waals surface area (Å²) in [4.78, 5) is 26.9. The van der Waals surface area contributed by atoms with Crippen LogP contribution in [0.25, 0.3) is 0 Å². The topological polar surface area (TPSA) is 113 Å². The molecule has 11 heteroatoms. The van der Waals surface area contributed by atoms with Crippen molar-refractivity contribution in [2.75, 3.05) is 18.6 Å². The predicted octanol–water partition coefficient (Wildman–Crippen LogP) is 0.720. The monoisotopic (exact) mass is 413 g/mol. The van der Waals surface area contributed by atoms with Crippen LogP contribution in [-0.2, 0) is 26.1 Å². The van der Waals surface area contributed by atoms with E-state index in [0.29, 0.717) is 11.5 Å². The molecule has 1 amide bonds. The Kier molecular flexibility index (Phi) is 5.32. The van der Waals surface area contributed by atoms with Gasteiger partial charge in [0, 0.05) is 25.7 Å². The number of aromatic nitrogens is 3. The molecule has 2 aliphatic heterocycles. The Bertz CT molecular complexity index is 803. The number of hydrogen-bond donors (Lipinski definition) is 1. The van der Waals surface area contributed by atoms with Crippen LogP contribution in [-0.4, -0.2) is 66.9 Å². The number of ether oxygens (including phenoxy) is 2. The minimum atomic E-state index is -1.42. The molecule has 0 radical (unpaired) electrons. The maximum absolute atomic E-state index is 12.9. The van der Waals surface area contributed by atoms with Gasteiger partial charge in [0.2, 0.25) is 5.72 Å². The van der Waals surface area contributed by atoms with E-state index in [4.69, 9.17) is 15.2 Å². The first-order valence-corrected chi connectivity index (χ1v) is 10.3. The van der Waals surface area contributed by atoms with Crippen molar-refractivity contribution in [3.63, 3.8) is 0 Å². The molecule has 0 aromatic carbocycles. The zero-order valence-corrected chi connectivity index (χ0v) is 17.5. The van der Waals surface area contributed by atoms with Crippen LogP contribution in [0.3, 0.4) is 0 Å². The second-order valence-electron chi connectivity index (χ2n) is 7.30. The molecule has 1 aromatic heterocycles. The van der Waals surface area contributed by atoms with Gasteiger partial charge in [0.05, 0.1) is 0 Å². The van der Waals surface area contributed by atoms with Gasteiger partial charge in [-0.2, -0.15) is 0 Å². The smallest absolute Gasteiger partial charge is 0.355 e. The fourth-order valence-corrected chi connectivity index (χ4v) is 5.20. The van der Waals surface area contributed by atoms with E-state index >= 15 is 0 Å². The normalized spacial score (nSPS) is 25.3. The summed E-state index contributed by atoms with van der Waals surface area (Å²) in [5, 5.41) is 8.15. The minimum Gasteiger partial charge on any atom is -0.455 e. The lowest BCUT2D eigenvalue weighted by atomic mass is 9.99. The first kappa shape index (κ1) is 20.2. The molecule has 0 spiro atoms. The van der Waals surface area contributed by atoms with E-state index in [2.05, 4.69) is 10.2 Å². The molecular weight excluding hydrogens is 390 g/mol. The van der Waals surface area contributed by atoms with Crippen LogP contribution in [0.2, 0.25) is 0 Å². The summed E-state index contributed by atoms with van der Waals surface area (Å²) < 4.78 is 12.6. The van der Waals surface area contributed by atoms with Crippen molar-refractivity contribution in [1.82, 2.24) is 19.7 Å². The Morgan fingerprint density at radius 3 is 2.78 bits per heavy atom. The van der Waals surface area contributed by atoms with Crippen molar-refractivity contribution in [1.29, 1.82) is 0 Å². The van der Waals surface area contributed by atoms with Crippen LogP contribution in [0.1, 0.15) is 20.8 Å². The van der Waals surface area contributed by atoms with Gasteiger partial charge in [-0.05, 0) is 26.3 Å². The molecule has 0 aliphatic carbocycles. The number of rotatable bonds is 5. The quantitative estimate of drug-likeness (QED) is 0.323. The predicted molar refractivity (Wildman–Crippen MR) is 102 cm³/mol. The Morgan fingerprint density at radius 1 is 1.52 bits per heavy atom. The number of carbonyl (C=O) groups is 2. The van der Waals surface area contributed by atoms with Gasteiger partial charge in [-0.15, -0.1) is 22.0 Å². The summed E-state index contributed by atoms with van der Waals surface area (Å²) in [5.74, 6) is 0.0443. The fraction of sp³-hybridized carbons (Fsp3) is 0.625. The van der Waals surface area contributed by atoms with Gasteiger partial charge in [-0.25, -0.2) is 4.79 Å². The summed E-state index contributed by atoms with van der Waals surface area (Å²) in [5.41, 5.74) is 5.03. The molecule has 3 heterocycles. The lowest BCUT2D eigenvalue weighted by Crippen LogP contribution is -2.78. The molecule has 0 unspecified atom stereocenters. The summed E-state index contributed by atoms with van der Waals surface area (Å²) in [6, 6.07) is 0. The van der Waals surface area contributed by atoms with Crippen LogP contribution < -0.4 is 5.73 Å². The van der Waals surface area contributed by atoms with Crippen LogP contribution in [0.5, 0.6) is 0 Å². The van der Waals surface area contributed by atoms with E-state index in [1.54, 1.807) is 31.7 Å². The second kappa shape index (κ2) is 7.12. The number of thioether (sulfide) groups is 2. The molecule has 9 nitrogen and oxygen atoms in total. The number of aryl methyl sites for hydroxylation is 1. The maximum atomic E-state index is 12.9. The highest BCUT2D eigenvalue weighted by Crippen LogP contribution is 2.46. The highest BCUT2D eigenvalue weighted by atomic mass is 32.2. The molecule has 2 aliphatic rings. The fourth-order valence-electron chi connectivity index (χ4n) is 2.78. The molecule has 3 rings (SSSR count). The molecule has 1 fully saturated rings. The van der Waals surface area contributed by atoms with Crippen molar-refractivity contribution in [3.05, 3.63) is 17.6 Å². The van der Waals surface area contributed by atoms with Crippen molar-refractivity contribution in [2.45, 2.75) is 42.6 Å². The van der Waals surface area contributed by atoms with E-state index in [0.717, 1.165) is 10.7 Å². The Balaban J connectivity index is 1.91. The Hall–Kier alpha value is -1.56. The number of nitrogens with zero attached hydrogens (tertiary/aromatic N) is 4. The first-order chi connectivity index (χ1) is 12.6. The van der Waals surface area contributed by atoms with Crippen LogP contribution in [0.4, 0.5) is 0 Å². The number of methoxy groups -OCH3 is 1. The number of amides is 1. The van der Waals surface area contributed by atoms with E-state index < -0.39 is 28.6 Å². The number of nitrogens with two attached hydrogens (primary N) is 1. The maximum Gasteiger partial charge on any atom is 0.355 e. The van der Waals surface area contributed by atoms with Crippen LogP contribution in [0, 0.1) is 0 Å². The van der Waals surface area contributed by atoms with E-state index in [9.17, 15) is 9.59 Å². The van der Waals surface area contributed by atoms with Gasteiger partial charge >= 0.3 is 5.97 Å². The Morgan fingerprint density at radius 2 is 2.22 bits per heavy atom. The number of carbonyl (C=O) groups excluding carboxylic acids is 2. The minimum absolute atomic E-state index is 0.256. The summed E-state index contributed by atoms with van der Waals surface area (Å²) >= 11 is 2.91. The third-order valence-corrected chi connectivity index (χ3v) is 6.63. The number of hydrogen-bond acceptors (Lipinski definition) is 9. The highest BCUT2D eigenvalue weighted by molar-refractivity contribution is 8.01. The van der Waals surface area contributed by atoms with Gasteiger partial charge in [0.25, 0.3) is 5.91 Å². The lowest BCUT2D eigenvalue weighted by Gasteiger charge is -2.54. The van der Waals surface area contributed by atoms with Gasteiger partial charge in [0.1, 0.15) is 23.0 Å². The average molecular weight is 414 g/mol. The third kappa shape index (κ3) is 3.60. The summed E-state index contributed by atoms with van der Waals surface area (Å²) in [6.07, 6.45) is 1.61. The molecule has 2 atom stereocenters. The standard InChI is InChI=1S/C16H23N5O4S2/c1-15(2,3)25-11(22)10-9(7-27-14-19-18-8-20(14)4)6-26-13-16(17,24-5)12(23)21(10)13/h8,13H,6-7,17H2,1-5H3/t13-,16-/m0/s1. The van der Waals surface area contributed by atoms with Gasteiger partial charge < -0.3 is 14.0 Å². The summed E-state index contributed by atoms with van der Waals surface area (Å²) in [7, 11) is 3.24. The largest absolute Gasteiger partial charge is 0.455 e. The number of β-lactam (4-membered cyclic amide) rings is 1. The highest BCUT2D eigenvalue weighted by Gasteiger charge is 2.63. The molecular formula is C16H23N5O4S2. The zero-order chi connectivity index (χ0) is 20.0.